The number of benzene rings is 1. The van der Waals surface area contributed by atoms with E-state index in [9.17, 15) is 0 Å². The Labute approximate surface area is 155 Å². The van der Waals surface area contributed by atoms with Crippen LogP contribution in [0.2, 0.25) is 0 Å². The number of rotatable bonds is 8. The Morgan fingerprint density at radius 1 is 1.12 bits per heavy atom. The SMILES string of the molecule is Cc1cnn(CCNCc2cc(C)c(OCc3ccccn3)c(C)c2)c1. The van der Waals surface area contributed by atoms with E-state index in [0.717, 1.165) is 42.2 Å². The van der Waals surface area contributed by atoms with Crippen LogP contribution in [0.15, 0.2) is 48.9 Å². The lowest BCUT2D eigenvalue weighted by Gasteiger charge is -2.14. The second-order valence-corrected chi connectivity index (χ2v) is 6.63. The molecule has 0 aliphatic heterocycles. The highest BCUT2D eigenvalue weighted by molar-refractivity contribution is 5.43. The molecular weight excluding hydrogens is 324 g/mol. The van der Waals surface area contributed by atoms with Crippen molar-refractivity contribution in [2.24, 2.45) is 0 Å². The van der Waals surface area contributed by atoms with Gasteiger partial charge >= 0.3 is 0 Å². The van der Waals surface area contributed by atoms with Crippen LogP contribution in [-0.4, -0.2) is 21.3 Å². The van der Waals surface area contributed by atoms with E-state index in [-0.39, 0.29) is 0 Å². The number of aryl methyl sites for hydroxylation is 3. The van der Waals surface area contributed by atoms with Gasteiger partial charge in [0.1, 0.15) is 12.4 Å². The van der Waals surface area contributed by atoms with Gasteiger partial charge < -0.3 is 10.1 Å². The third-order valence-electron chi connectivity index (χ3n) is 4.22. The number of ether oxygens (including phenoxy) is 1. The van der Waals surface area contributed by atoms with Gasteiger partial charge in [0.15, 0.2) is 0 Å². The maximum Gasteiger partial charge on any atom is 0.130 e. The van der Waals surface area contributed by atoms with Crippen molar-refractivity contribution in [2.75, 3.05) is 6.54 Å². The van der Waals surface area contributed by atoms with Gasteiger partial charge in [-0.25, -0.2) is 0 Å². The molecule has 0 unspecified atom stereocenters. The maximum absolute atomic E-state index is 6.00. The van der Waals surface area contributed by atoms with E-state index in [1.165, 1.54) is 11.1 Å². The quantitative estimate of drug-likeness (QED) is 0.631. The first kappa shape index (κ1) is 18.1. The second-order valence-electron chi connectivity index (χ2n) is 6.63. The van der Waals surface area contributed by atoms with Gasteiger partial charge in [0.05, 0.1) is 18.4 Å². The summed E-state index contributed by atoms with van der Waals surface area (Å²) in [6, 6.07) is 10.2. The number of nitrogens with zero attached hydrogens (tertiary/aromatic N) is 3. The molecule has 0 saturated carbocycles. The highest BCUT2D eigenvalue weighted by atomic mass is 16.5. The Balaban J connectivity index is 1.53. The first-order valence-electron chi connectivity index (χ1n) is 8.94. The maximum atomic E-state index is 6.00. The Kier molecular flexibility index (Phi) is 6.02. The molecule has 0 spiro atoms. The van der Waals surface area contributed by atoms with Crippen molar-refractivity contribution in [3.63, 3.8) is 0 Å². The molecule has 5 nitrogen and oxygen atoms in total. The summed E-state index contributed by atoms with van der Waals surface area (Å²) >= 11 is 0. The van der Waals surface area contributed by atoms with Crippen LogP contribution in [0, 0.1) is 20.8 Å². The molecule has 1 N–H and O–H groups in total. The summed E-state index contributed by atoms with van der Waals surface area (Å²) in [7, 11) is 0. The van der Waals surface area contributed by atoms with Gasteiger partial charge in [0.25, 0.3) is 0 Å². The minimum atomic E-state index is 0.489. The number of aromatic nitrogens is 3. The van der Waals surface area contributed by atoms with Crippen molar-refractivity contribution in [1.82, 2.24) is 20.1 Å². The zero-order valence-corrected chi connectivity index (χ0v) is 15.7. The first-order valence-corrected chi connectivity index (χ1v) is 8.94. The molecule has 2 heterocycles. The van der Waals surface area contributed by atoms with Gasteiger partial charge in [-0.3, -0.25) is 9.67 Å². The molecular formula is C21H26N4O. The third-order valence-corrected chi connectivity index (χ3v) is 4.22. The zero-order valence-electron chi connectivity index (χ0n) is 15.7. The Hall–Kier alpha value is -2.66. The van der Waals surface area contributed by atoms with Gasteiger partial charge in [-0.2, -0.15) is 5.10 Å². The molecule has 136 valence electrons. The van der Waals surface area contributed by atoms with Crippen LogP contribution in [0.4, 0.5) is 0 Å². The van der Waals surface area contributed by atoms with E-state index >= 15 is 0 Å². The molecule has 5 heteroatoms. The van der Waals surface area contributed by atoms with Gasteiger partial charge in [-0.05, 0) is 55.2 Å². The van der Waals surface area contributed by atoms with Crippen LogP contribution < -0.4 is 10.1 Å². The van der Waals surface area contributed by atoms with Crippen LogP contribution in [0.3, 0.4) is 0 Å². The molecule has 1 aromatic carbocycles. The molecule has 0 aliphatic rings. The zero-order chi connectivity index (χ0) is 18.4. The Morgan fingerprint density at radius 2 is 1.92 bits per heavy atom. The van der Waals surface area contributed by atoms with Crippen molar-refractivity contribution < 1.29 is 4.74 Å². The summed E-state index contributed by atoms with van der Waals surface area (Å²) in [6.45, 7) is 9.33. The van der Waals surface area contributed by atoms with E-state index < -0.39 is 0 Å². The molecule has 0 amide bonds. The van der Waals surface area contributed by atoms with Crippen molar-refractivity contribution in [3.05, 3.63) is 76.9 Å². The Bertz CT molecular complexity index is 819. The molecule has 0 atom stereocenters. The van der Waals surface area contributed by atoms with E-state index in [4.69, 9.17) is 4.74 Å². The lowest BCUT2D eigenvalue weighted by molar-refractivity contribution is 0.297. The molecule has 0 bridgehead atoms. The molecule has 3 aromatic rings. The molecule has 0 saturated heterocycles. The first-order chi connectivity index (χ1) is 12.6. The highest BCUT2D eigenvalue weighted by Crippen LogP contribution is 2.25. The van der Waals surface area contributed by atoms with Gasteiger partial charge in [0, 0.05) is 25.5 Å². The van der Waals surface area contributed by atoms with Crippen LogP contribution >= 0.6 is 0 Å². The second kappa shape index (κ2) is 8.63. The van der Waals surface area contributed by atoms with Gasteiger partial charge in [-0.15, -0.1) is 0 Å². The third kappa shape index (κ3) is 4.92. The summed E-state index contributed by atoms with van der Waals surface area (Å²) < 4.78 is 7.97. The van der Waals surface area contributed by atoms with E-state index in [1.54, 1.807) is 6.20 Å². The van der Waals surface area contributed by atoms with Crippen LogP contribution in [0.25, 0.3) is 0 Å². The standard InChI is InChI=1S/C21H26N4O/c1-16-12-24-25(14-16)9-8-22-13-19-10-17(2)21(18(3)11-19)26-15-20-6-4-5-7-23-20/h4-7,10-12,14,22H,8-9,13,15H2,1-3H3. The van der Waals surface area contributed by atoms with Crippen molar-refractivity contribution in [1.29, 1.82) is 0 Å². The van der Waals surface area contributed by atoms with E-state index in [1.807, 2.05) is 29.1 Å². The number of pyridine rings is 1. The van der Waals surface area contributed by atoms with Crippen LogP contribution in [-0.2, 0) is 19.7 Å². The number of hydrogen-bond donors (Lipinski definition) is 1. The van der Waals surface area contributed by atoms with Gasteiger partial charge in [0.2, 0.25) is 0 Å². The fourth-order valence-electron chi connectivity index (χ4n) is 3.01. The van der Waals surface area contributed by atoms with Crippen LogP contribution in [0.1, 0.15) is 27.9 Å². The molecule has 0 aliphatic carbocycles. The van der Waals surface area contributed by atoms with E-state index in [0.29, 0.717) is 6.61 Å². The highest BCUT2D eigenvalue weighted by Gasteiger charge is 2.07. The lowest BCUT2D eigenvalue weighted by atomic mass is 10.1. The summed E-state index contributed by atoms with van der Waals surface area (Å²) in [5.41, 5.74) is 5.70. The molecule has 0 radical (unpaired) electrons. The molecule has 0 fully saturated rings. The van der Waals surface area contributed by atoms with Crippen molar-refractivity contribution in [2.45, 2.75) is 40.5 Å². The predicted octanol–water partition coefficient (Wildman–Crippen LogP) is 3.57. The van der Waals surface area contributed by atoms with Crippen molar-refractivity contribution in [3.8, 4) is 5.75 Å². The minimum absolute atomic E-state index is 0.489. The molecule has 26 heavy (non-hydrogen) atoms. The summed E-state index contributed by atoms with van der Waals surface area (Å²) in [5, 5.41) is 7.78. The largest absolute Gasteiger partial charge is 0.487 e. The topological polar surface area (TPSA) is 52.0 Å². The predicted molar refractivity (Wildman–Crippen MR) is 103 cm³/mol. The molecule has 3 rings (SSSR count). The van der Waals surface area contributed by atoms with Crippen LogP contribution in [0.5, 0.6) is 5.75 Å². The summed E-state index contributed by atoms with van der Waals surface area (Å²) in [5.74, 6) is 0.950. The molecule has 2 aromatic heterocycles. The Morgan fingerprint density at radius 3 is 2.58 bits per heavy atom. The fourth-order valence-corrected chi connectivity index (χ4v) is 3.01. The summed E-state index contributed by atoms with van der Waals surface area (Å²) in [6.07, 6.45) is 5.73. The smallest absolute Gasteiger partial charge is 0.130 e. The average molecular weight is 350 g/mol. The fraction of sp³-hybridized carbons (Fsp3) is 0.333. The number of nitrogens with one attached hydrogen (secondary N) is 1. The lowest BCUT2D eigenvalue weighted by Crippen LogP contribution is -2.20. The summed E-state index contributed by atoms with van der Waals surface area (Å²) in [4.78, 5) is 4.30. The van der Waals surface area contributed by atoms with E-state index in [2.05, 4.69) is 54.5 Å². The average Bonchev–Trinajstić information content (AvgIpc) is 3.04. The minimum Gasteiger partial charge on any atom is -0.487 e. The van der Waals surface area contributed by atoms with Crippen molar-refractivity contribution >= 4 is 0 Å². The monoisotopic (exact) mass is 350 g/mol. The van der Waals surface area contributed by atoms with Gasteiger partial charge in [-0.1, -0.05) is 18.2 Å². The normalized spacial score (nSPS) is 10.9. The number of hydrogen-bond acceptors (Lipinski definition) is 4.